The Morgan fingerprint density at radius 3 is 2.58 bits per heavy atom. The van der Waals surface area contributed by atoms with Gasteiger partial charge in [0, 0.05) is 6.07 Å². The zero-order valence-electron chi connectivity index (χ0n) is 12.0. The molecule has 0 spiro atoms. The Balaban J connectivity index is 1.85. The Morgan fingerprint density at radius 2 is 1.96 bits per heavy atom. The second-order valence-electron chi connectivity index (χ2n) is 4.44. The molecule has 0 atom stereocenters. The molecule has 1 N–H and O–H groups in total. The van der Waals surface area contributed by atoms with Gasteiger partial charge in [0.15, 0.2) is 17.5 Å². The molecule has 24 heavy (non-hydrogen) atoms. The first-order chi connectivity index (χ1) is 11.4. The van der Waals surface area contributed by atoms with Crippen LogP contribution in [0.3, 0.4) is 0 Å². The van der Waals surface area contributed by atoms with E-state index in [9.17, 15) is 28.1 Å². The van der Waals surface area contributed by atoms with Crippen LogP contribution in [0.5, 0.6) is 0 Å². The molecule has 0 aliphatic carbocycles. The van der Waals surface area contributed by atoms with E-state index in [1.807, 2.05) is 0 Å². The van der Waals surface area contributed by atoms with Crippen LogP contribution in [0.1, 0.15) is 10.4 Å². The van der Waals surface area contributed by atoms with Crippen molar-refractivity contribution in [3.05, 3.63) is 63.6 Å². The van der Waals surface area contributed by atoms with Crippen LogP contribution >= 0.6 is 0 Å². The van der Waals surface area contributed by atoms with Crippen molar-refractivity contribution in [1.29, 1.82) is 0 Å². The van der Waals surface area contributed by atoms with Crippen molar-refractivity contribution >= 4 is 17.5 Å². The number of nitro groups is 1. The molecule has 0 aliphatic heterocycles. The fraction of sp³-hybridized carbons (Fsp3) is 0.143. The molecule has 0 saturated carbocycles. The number of benzene rings is 1. The van der Waals surface area contributed by atoms with Gasteiger partial charge in [-0.3, -0.25) is 10.1 Å². The number of anilines is 1. The molecule has 0 unspecified atom stereocenters. The number of aromatic nitrogens is 1. The van der Waals surface area contributed by atoms with E-state index >= 15 is 0 Å². The third-order valence-corrected chi connectivity index (χ3v) is 2.86. The lowest BCUT2D eigenvalue weighted by Gasteiger charge is -2.08. The van der Waals surface area contributed by atoms with Gasteiger partial charge in [0.2, 0.25) is 0 Å². The topological polar surface area (TPSA) is 94.4 Å². The van der Waals surface area contributed by atoms with Crippen molar-refractivity contribution in [3.63, 3.8) is 0 Å². The molecule has 0 bridgehead atoms. The summed E-state index contributed by atoms with van der Waals surface area (Å²) in [6.45, 7) is -0.141. The number of esters is 1. The molecule has 0 fully saturated rings. The number of rotatable bonds is 6. The maximum Gasteiger partial charge on any atom is 0.341 e. The highest BCUT2D eigenvalue weighted by molar-refractivity contribution is 5.89. The van der Waals surface area contributed by atoms with Crippen LogP contribution < -0.4 is 5.32 Å². The molecule has 2 aromatic rings. The smallest absolute Gasteiger partial charge is 0.341 e. The average Bonchev–Trinajstić information content (AvgIpc) is 2.57. The van der Waals surface area contributed by atoms with Crippen molar-refractivity contribution in [3.8, 4) is 0 Å². The fourth-order valence-corrected chi connectivity index (χ4v) is 1.68. The van der Waals surface area contributed by atoms with Crippen LogP contribution in [-0.2, 0) is 4.74 Å². The minimum atomic E-state index is -1.75. The Kier molecular flexibility index (Phi) is 5.30. The second-order valence-corrected chi connectivity index (χ2v) is 4.44. The van der Waals surface area contributed by atoms with Gasteiger partial charge >= 0.3 is 5.97 Å². The van der Waals surface area contributed by atoms with E-state index in [4.69, 9.17) is 4.74 Å². The number of nitrogens with zero attached hydrogens (tertiary/aromatic N) is 2. The Morgan fingerprint density at radius 1 is 1.21 bits per heavy atom. The summed E-state index contributed by atoms with van der Waals surface area (Å²) in [5, 5.41) is 13.2. The van der Waals surface area contributed by atoms with Crippen LogP contribution in [0.25, 0.3) is 0 Å². The van der Waals surface area contributed by atoms with E-state index in [0.29, 0.717) is 11.9 Å². The van der Waals surface area contributed by atoms with Gasteiger partial charge in [-0.1, -0.05) is 0 Å². The lowest BCUT2D eigenvalue weighted by atomic mass is 10.2. The zero-order valence-corrected chi connectivity index (χ0v) is 12.0. The summed E-state index contributed by atoms with van der Waals surface area (Å²) >= 11 is 0. The molecular formula is C14H10F3N3O4. The normalized spacial score (nSPS) is 10.3. The van der Waals surface area contributed by atoms with Gasteiger partial charge in [-0.2, -0.15) is 0 Å². The van der Waals surface area contributed by atoms with Gasteiger partial charge in [-0.25, -0.2) is 22.9 Å². The Bertz CT molecular complexity index is 769. The lowest BCUT2D eigenvalue weighted by Crippen LogP contribution is -2.16. The highest BCUT2D eigenvalue weighted by atomic mass is 19.2. The van der Waals surface area contributed by atoms with Gasteiger partial charge in [-0.15, -0.1) is 0 Å². The molecule has 1 aromatic carbocycles. The summed E-state index contributed by atoms with van der Waals surface area (Å²) in [4.78, 5) is 25.2. The number of pyridine rings is 1. The lowest BCUT2D eigenvalue weighted by molar-refractivity contribution is -0.385. The van der Waals surface area contributed by atoms with Crippen molar-refractivity contribution in [2.75, 3.05) is 18.5 Å². The monoisotopic (exact) mass is 341 g/mol. The minimum Gasteiger partial charge on any atom is -0.460 e. The highest BCUT2D eigenvalue weighted by Crippen LogP contribution is 2.16. The molecule has 0 amide bonds. The number of hydrogen-bond acceptors (Lipinski definition) is 6. The number of halogens is 3. The zero-order chi connectivity index (χ0) is 17.7. The average molecular weight is 341 g/mol. The first-order valence-electron chi connectivity index (χ1n) is 6.55. The summed E-state index contributed by atoms with van der Waals surface area (Å²) in [5.41, 5.74) is -0.900. The first kappa shape index (κ1) is 17.2. The highest BCUT2D eigenvalue weighted by Gasteiger charge is 2.19. The third kappa shape index (κ3) is 3.97. The van der Waals surface area contributed by atoms with Crippen LogP contribution in [0.4, 0.5) is 24.7 Å². The summed E-state index contributed by atoms with van der Waals surface area (Å²) in [6, 6.07) is 3.99. The van der Waals surface area contributed by atoms with E-state index in [0.717, 1.165) is 12.3 Å². The quantitative estimate of drug-likeness (QED) is 0.285. The largest absolute Gasteiger partial charge is 0.460 e. The van der Waals surface area contributed by atoms with Crippen molar-refractivity contribution in [2.45, 2.75) is 0 Å². The van der Waals surface area contributed by atoms with Crippen LogP contribution in [0.2, 0.25) is 0 Å². The maximum atomic E-state index is 13.4. The molecule has 1 heterocycles. The van der Waals surface area contributed by atoms with E-state index < -0.39 is 33.9 Å². The van der Waals surface area contributed by atoms with E-state index in [1.165, 1.54) is 12.1 Å². The van der Waals surface area contributed by atoms with E-state index in [1.54, 1.807) is 0 Å². The van der Waals surface area contributed by atoms with Crippen molar-refractivity contribution in [2.24, 2.45) is 0 Å². The molecule has 2 rings (SSSR count). The van der Waals surface area contributed by atoms with E-state index in [-0.39, 0.29) is 18.8 Å². The molecular weight excluding hydrogens is 331 g/mol. The van der Waals surface area contributed by atoms with Crippen molar-refractivity contribution in [1.82, 2.24) is 4.98 Å². The van der Waals surface area contributed by atoms with Gasteiger partial charge in [0.05, 0.1) is 17.0 Å². The third-order valence-electron chi connectivity index (χ3n) is 2.86. The maximum absolute atomic E-state index is 13.4. The predicted molar refractivity (Wildman–Crippen MR) is 76.0 cm³/mol. The van der Waals surface area contributed by atoms with Gasteiger partial charge < -0.3 is 10.1 Å². The molecule has 7 nitrogen and oxygen atoms in total. The SMILES string of the molecule is O=C(OCCNc1ccc([N+](=O)[O-])cn1)c1ccc(F)c(F)c1F. The van der Waals surface area contributed by atoms with Gasteiger partial charge in [0.1, 0.15) is 18.6 Å². The number of nitrogens with one attached hydrogen (secondary N) is 1. The summed E-state index contributed by atoms with van der Waals surface area (Å²) in [7, 11) is 0. The minimum absolute atomic E-state index is 0.0713. The first-order valence-corrected chi connectivity index (χ1v) is 6.55. The Labute approximate surface area is 133 Å². The molecule has 0 radical (unpaired) electrons. The molecule has 0 aliphatic rings. The molecule has 1 aromatic heterocycles. The summed E-state index contributed by atoms with van der Waals surface area (Å²) < 4.78 is 43.9. The molecule has 10 heteroatoms. The van der Waals surface area contributed by atoms with Gasteiger partial charge in [-0.05, 0) is 18.2 Å². The van der Waals surface area contributed by atoms with E-state index in [2.05, 4.69) is 10.3 Å². The standard InChI is InChI=1S/C14H10F3N3O4/c15-10-3-2-9(12(16)13(10)17)14(21)24-6-5-18-11-4-1-8(7-19-11)20(22)23/h1-4,7H,5-6H2,(H,18,19). The molecule has 0 saturated heterocycles. The van der Waals surface area contributed by atoms with Gasteiger partial charge in [0.25, 0.3) is 5.69 Å². The predicted octanol–water partition coefficient (Wildman–Crippen LogP) is 2.68. The van der Waals surface area contributed by atoms with Crippen LogP contribution in [-0.4, -0.2) is 29.0 Å². The summed E-state index contributed by atoms with van der Waals surface area (Å²) in [5.74, 6) is -5.63. The number of ether oxygens (including phenoxy) is 1. The fourth-order valence-electron chi connectivity index (χ4n) is 1.68. The Hall–Kier alpha value is -3.17. The second kappa shape index (κ2) is 7.40. The number of hydrogen-bond donors (Lipinski definition) is 1. The van der Waals surface area contributed by atoms with Crippen LogP contribution in [0, 0.1) is 27.6 Å². The number of carbonyl (C=O) groups excluding carboxylic acids is 1. The number of carbonyl (C=O) groups is 1. The molecule has 126 valence electrons. The summed E-state index contributed by atoms with van der Waals surface area (Å²) in [6.07, 6.45) is 1.05. The van der Waals surface area contributed by atoms with Crippen molar-refractivity contribution < 1.29 is 27.6 Å². The van der Waals surface area contributed by atoms with Crippen LogP contribution in [0.15, 0.2) is 30.5 Å².